The van der Waals surface area contributed by atoms with Gasteiger partial charge in [-0.2, -0.15) is 5.26 Å². The molecule has 0 aliphatic rings. The van der Waals surface area contributed by atoms with Crippen molar-refractivity contribution in [3.05, 3.63) is 28.8 Å². The predicted octanol–water partition coefficient (Wildman–Crippen LogP) is 2.22. The molecular weight excluding hydrogens is 310 g/mol. The molecule has 0 spiro atoms. The molecule has 1 aromatic rings. The third-order valence-electron chi connectivity index (χ3n) is 3.45. The van der Waals surface area contributed by atoms with Crippen molar-refractivity contribution < 1.29 is 8.42 Å². The number of benzene rings is 1. The molecule has 0 aliphatic heterocycles. The summed E-state index contributed by atoms with van der Waals surface area (Å²) in [6.07, 6.45) is 0.999. The molecule has 0 aliphatic carbocycles. The van der Waals surface area contributed by atoms with Gasteiger partial charge in [0.1, 0.15) is 4.90 Å². The van der Waals surface area contributed by atoms with E-state index in [1.54, 1.807) is 0 Å². The van der Waals surface area contributed by atoms with Crippen LogP contribution in [0.15, 0.2) is 23.1 Å². The van der Waals surface area contributed by atoms with Gasteiger partial charge >= 0.3 is 0 Å². The van der Waals surface area contributed by atoms with Gasteiger partial charge in [0.15, 0.2) is 0 Å². The van der Waals surface area contributed by atoms with Crippen LogP contribution in [0.5, 0.6) is 0 Å². The largest absolute Gasteiger partial charge is 0.302 e. The summed E-state index contributed by atoms with van der Waals surface area (Å²) in [5, 5.41) is 8.95. The van der Waals surface area contributed by atoms with Crippen LogP contribution in [0.25, 0.3) is 0 Å². The number of nitriles is 1. The third-order valence-corrected chi connectivity index (χ3v) is 5.39. The second-order valence-electron chi connectivity index (χ2n) is 4.89. The summed E-state index contributed by atoms with van der Waals surface area (Å²) in [5.41, 5.74) is 0.261. The van der Waals surface area contributed by atoms with Gasteiger partial charge in [-0.15, -0.1) is 0 Å². The lowest BCUT2D eigenvalue weighted by atomic mass is 10.2. The summed E-state index contributed by atoms with van der Waals surface area (Å²) < 4.78 is 27.0. The summed E-state index contributed by atoms with van der Waals surface area (Å²) in [6.45, 7) is 5.06. The van der Waals surface area contributed by atoms with Gasteiger partial charge in [0.05, 0.1) is 16.7 Å². The average molecular weight is 330 g/mol. The molecule has 0 saturated carbocycles. The Morgan fingerprint density at radius 1 is 1.48 bits per heavy atom. The first-order valence-electron chi connectivity index (χ1n) is 6.71. The highest BCUT2D eigenvalue weighted by atomic mass is 35.5. The van der Waals surface area contributed by atoms with E-state index in [0.29, 0.717) is 12.6 Å². The maximum atomic E-state index is 12.2. The Morgan fingerprint density at radius 2 is 2.14 bits per heavy atom. The number of hydrogen-bond donors (Lipinski definition) is 1. The minimum absolute atomic E-state index is 0.0607. The lowest BCUT2D eigenvalue weighted by molar-refractivity contribution is 0.256. The van der Waals surface area contributed by atoms with Crippen molar-refractivity contribution in [3.63, 3.8) is 0 Å². The maximum absolute atomic E-state index is 12.2. The standard InChI is InChI=1S/C14H20ClN3O2S/c1-4-11(2)18(3)8-7-17-21(19,20)14-9-12(10-16)5-6-13(14)15/h5-6,9,11,17H,4,7-8H2,1-3H3. The first-order chi connectivity index (χ1) is 9.81. The maximum Gasteiger partial charge on any atom is 0.242 e. The first kappa shape index (κ1) is 17.9. The first-order valence-corrected chi connectivity index (χ1v) is 8.57. The van der Waals surface area contributed by atoms with E-state index in [0.717, 1.165) is 6.42 Å². The van der Waals surface area contributed by atoms with E-state index in [9.17, 15) is 8.42 Å². The Morgan fingerprint density at radius 3 is 2.71 bits per heavy atom. The molecule has 1 rings (SSSR count). The minimum atomic E-state index is -3.71. The molecule has 1 unspecified atom stereocenters. The molecule has 21 heavy (non-hydrogen) atoms. The summed E-state index contributed by atoms with van der Waals surface area (Å²) in [7, 11) is -1.76. The second kappa shape index (κ2) is 7.76. The Hall–Kier alpha value is -1.13. The average Bonchev–Trinajstić information content (AvgIpc) is 2.46. The van der Waals surface area contributed by atoms with Gasteiger partial charge in [-0.1, -0.05) is 18.5 Å². The number of sulfonamides is 1. The summed E-state index contributed by atoms with van der Waals surface area (Å²) in [4.78, 5) is 2.02. The number of rotatable bonds is 7. The zero-order valence-electron chi connectivity index (χ0n) is 12.4. The van der Waals surface area contributed by atoms with E-state index >= 15 is 0 Å². The smallest absolute Gasteiger partial charge is 0.242 e. The van der Waals surface area contributed by atoms with Gasteiger partial charge in [0, 0.05) is 19.1 Å². The zero-order chi connectivity index (χ0) is 16.0. The topological polar surface area (TPSA) is 73.2 Å². The monoisotopic (exact) mass is 329 g/mol. The van der Waals surface area contributed by atoms with E-state index in [1.807, 2.05) is 13.1 Å². The fraction of sp³-hybridized carbons (Fsp3) is 0.500. The summed E-state index contributed by atoms with van der Waals surface area (Å²) in [5.74, 6) is 0. The van der Waals surface area contributed by atoms with Crippen molar-refractivity contribution in [1.82, 2.24) is 9.62 Å². The fourth-order valence-electron chi connectivity index (χ4n) is 1.75. The summed E-state index contributed by atoms with van der Waals surface area (Å²) >= 11 is 5.91. The normalized spacial score (nSPS) is 13.1. The molecule has 1 aromatic carbocycles. The van der Waals surface area contributed by atoms with Gasteiger partial charge in [-0.25, -0.2) is 13.1 Å². The van der Waals surface area contributed by atoms with Crippen molar-refractivity contribution in [2.24, 2.45) is 0 Å². The van der Waals surface area contributed by atoms with Crippen molar-refractivity contribution in [2.75, 3.05) is 20.1 Å². The molecule has 0 bridgehead atoms. The molecule has 7 heteroatoms. The van der Waals surface area contributed by atoms with E-state index in [4.69, 9.17) is 16.9 Å². The Labute approximate surface area is 131 Å². The second-order valence-corrected chi connectivity index (χ2v) is 7.04. The van der Waals surface area contributed by atoms with E-state index in [2.05, 4.69) is 23.5 Å². The SMILES string of the molecule is CCC(C)N(C)CCNS(=O)(=O)c1cc(C#N)ccc1Cl. The molecule has 5 nitrogen and oxygen atoms in total. The number of nitrogens with zero attached hydrogens (tertiary/aromatic N) is 2. The van der Waals surface area contributed by atoms with Crippen LogP contribution in [0.1, 0.15) is 25.8 Å². The zero-order valence-corrected chi connectivity index (χ0v) is 14.0. The van der Waals surface area contributed by atoms with E-state index < -0.39 is 10.0 Å². The van der Waals surface area contributed by atoms with Gasteiger partial charge in [0.25, 0.3) is 0 Å². The molecule has 1 N–H and O–H groups in total. The number of nitrogens with one attached hydrogen (secondary N) is 1. The highest BCUT2D eigenvalue weighted by Gasteiger charge is 2.18. The van der Waals surface area contributed by atoms with Crippen molar-refractivity contribution in [1.29, 1.82) is 5.26 Å². The van der Waals surface area contributed by atoms with Gasteiger partial charge in [0.2, 0.25) is 10.0 Å². The molecule has 0 radical (unpaired) electrons. The highest BCUT2D eigenvalue weighted by molar-refractivity contribution is 7.89. The van der Waals surface area contributed by atoms with Crippen LogP contribution in [0.4, 0.5) is 0 Å². The van der Waals surface area contributed by atoms with Crippen molar-refractivity contribution in [3.8, 4) is 6.07 Å². The Bertz CT molecular complexity index is 626. The molecule has 0 fully saturated rings. The lowest BCUT2D eigenvalue weighted by Gasteiger charge is -2.23. The van der Waals surface area contributed by atoms with E-state index in [1.165, 1.54) is 18.2 Å². The fourth-order valence-corrected chi connectivity index (χ4v) is 3.29. The van der Waals surface area contributed by atoms with Crippen LogP contribution in [0, 0.1) is 11.3 Å². The third kappa shape index (κ3) is 4.97. The van der Waals surface area contributed by atoms with Crippen LogP contribution < -0.4 is 4.72 Å². The molecule has 0 amide bonds. The Kier molecular flexibility index (Phi) is 6.62. The molecule has 0 saturated heterocycles. The quantitative estimate of drug-likeness (QED) is 0.832. The van der Waals surface area contributed by atoms with Gasteiger partial charge in [-0.05, 0) is 38.6 Å². The predicted molar refractivity (Wildman–Crippen MR) is 83.7 cm³/mol. The Balaban J connectivity index is 2.77. The molecule has 0 heterocycles. The number of likely N-dealkylation sites (N-methyl/N-ethyl adjacent to an activating group) is 1. The lowest BCUT2D eigenvalue weighted by Crippen LogP contribution is -2.37. The van der Waals surface area contributed by atoms with Crippen LogP contribution >= 0.6 is 11.6 Å². The minimum Gasteiger partial charge on any atom is -0.302 e. The van der Waals surface area contributed by atoms with Gasteiger partial charge in [-0.3, -0.25) is 0 Å². The van der Waals surface area contributed by atoms with Crippen molar-refractivity contribution in [2.45, 2.75) is 31.2 Å². The van der Waals surface area contributed by atoms with Crippen LogP contribution in [-0.2, 0) is 10.0 Å². The highest BCUT2D eigenvalue weighted by Crippen LogP contribution is 2.22. The number of hydrogen-bond acceptors (Lipinski definition) is 4. The van der Waals surface area contributed by atoms with Crippen LogP contribution in [0.3, 0.4) is 0 Å². The number of halogens is 1. The van der Waals surface area contributed by atoms with Crippen LogP contribution in [0.2, 0.25) is 5.02 Å². The molecule has 0 aromatic heterocycles. The van der Waals surface area contributed by atoms with Gasteiger partial charge < -0.3 is 4.90 Å². The molecule has 116 valence electrons. The molecular formula is C14H20ClN3O2S. The summed E-state index contributed by atoms with van der Waals surface area (Å²) in [6, 6.07) is 6.47. The van der Waals surface area contributed by atoms with Crippen LogP contribution in [-0.4, -0.2) is 39.5 Å². The van der Waals surface area contributed by atoms with Crippen molar-refractivity contribution >= 4 is 21.6 Å². The molecule has 1 atom stereocenters. The van der Waals surface area contributed by atoms with E-state index in [-0.39, 0.29) is 22.0 Å².